The fourth-order valence-corrected chi connectivity index (χ4v) is 2.69. The molecule has 1 aliphatic rings. The number of hydrogen-bond acceptors (Lipinski definition) is 5. The number of aromatic nitrogens is 2. The van der Waals surface area contributed by atoms with E-state index >= 15 is 0 Å². The van der Waals surface area contributed by atoms with E-state index in [2.05, 4.69) is 30.7 Å². The summed E-state index contributed by atoms with van der Waals surface area (Å²) in [5.41, 5.74) is 0. The Morgan fingerprint density at radius 2 is 2.12 bits per heavy atom. The molecule has 0 unspecified atom stereocenters. The molecule has 1 aliphatic heterocycles. The van der Waals surface area contributed by atoms with Crippen LogP contribution < -0.4 is 10.6 Å². The smallest absolute Gasteiger partial charge is 0.248 e. The number of aliphatic imine (C=N–C) groups is 1. The van der Waals surface area contributed by atoms with Gasteiger partial charge >= 0.3 is 0 Å². The van der Waals surface area contributed by atoms with Crippen LogP contribution >= 0.6 is 24.0 Å². The van der Waals surface area contributed by atoms with Gasteiger partial charge in [0.05, 0.1) is 0 Å². The van der Waals surface area contributed by atoms with Crippen molar-refractivity contribution in [1.29, 1.82) is 0 Å². The highest BCUT2D eigenvalue weighted by Gasteiger charge is 2.23. The molecule has 1 amide bonds. The minimum absolute atomic E-state index is 0. The lowest BCUT2D eigenvalue weighted by Gasteiger charge is -2.34. The van der Waals surface area contributed by atoms with Gasteiger partial charge in [-0.25, -0.2) is 4.99 Å². The fraction of sp³-hybridized carbons (Fsp3) is 0.733. The van der Waals surface area contributed by atoms with Gasteiger partial charge in [-0.3, -0.25) is 4.79 Å². The average Bonchev–Trinajstić information content (AvgIpc) is 2.97. The molecule has 8 nitrogen and oxygen atoms in total. The van der Waals surface area contributed by atoms with Crippen LogP contribution in [0.3, 0.4) is 0 Å². The summed E-state index contributed by atoms with van der Waals surface area (Å²) in [6.07, 6.45) is 2.61. The quantitative estimate of drug-likeness (QED) is 0.399. The third kappa shape index (κ3) is 6.25. The van der Waals surface area contributed by atoms with Gasteiger partial charge in [-0.05, 0) is 32.6 Å². The summed E-state index contributed by atoms with van der Waals surface area (Å²) in [4.78, 5) is 22.4. The van der Waals surface area contributed by atoms with Gasteiger partial charge in [-0.15, -0.1) is 24.0 Å². The van der Waals surface area contributed by atoms with Crippen LogP contribution in [0.2, 0.25) is 0 Å². The Bertz CT molecular complexity index is 540. The number of amides is 1. The molecule has 0 aliphatic carbocycles. The highest BCUT2D eigenvalue weighted by molar-refractivity contribution is 14.0. The average molecular weight is 450 g/mol. The van der Waals surface area contributed by atoms with Gasteiger partial charge in [0.2, 0.25) is 11.8 Å². The molecule has 0 bridgehead atoms. The molecule has 1 aromatic rings. The number of aryl methyl sites for hydroxylation is 1. The van der Waals surface area contributed by atoms with E-state index in [9.17, 15) is 4.79 Å². The Kier molecular flexibility index (Phi) is 9.01. The van der Waals surface area contributed by atoms with Crippen molar-refractivity contribution >= 4 is 35.8 Å². The molecule has 2 heterocycles. The number of likely N-dealkylation sites (tertiary alicyclic amines) is 1. The van der Waals surface area contributed by atoms with Gasteiger partial charge in [0.15, 0.2) is 11.8 Å². The monoisotopic (exact) mass is 450 g/mol. The summed E-state index contributed by atoms with van der Waals surface area (Å²) in [5, 5.41) is 9.77. The first kappa shape index (κ1) is 20.7. The van der Waals surface area contributed by atoms with E-state index < -0.39 is 0 Å². The fourth-order valence-electron chi connectivity index (χ4n) is 2.69. The van der Waals surface area contributed by atoms with E-state index in [1.54, 1.807) is 14.0 Å². The van der Waals surface area contributed by atoms with Crippen molar-refractivity contribution in [3.8, 4) is 0 Å². The first-order valence-corrected chi connectivity index (χ1v) is 8.15. The summed E-state index contributed by atoms with van der Waals surface area (Å²) in [6, 6.07) is 0. The predicted molar refractivity (Wildman–Crippen MR) is 102 cm³/mol. The van der Waals surface area contributed by atoms with Gasteiger partial charge in [-0.1, -0.05) is 5.16 Å². The van der Waals surface area contributed by atoms with Crippen molar-refractivity contribution in [3.63, 3.8) is 0 Å². The van der Waals surface area contributed by atoms with Gasteiger partial charge in [0, 0.05) is 33.1 Å². The Morgan fingerprint density at radius 1 is 1.42 bits per heavy atom. The number of nitrogens with zero attached hydrogens (tertiary/aromatic N) is 4. The molecule has 136 valence electrons. The lowest BCUT2D eigenvalue weighted by molar-refractivity contribution is -0.121. The van der Waals surface area contributed by atoms with Crippen molar-refractivity contribution in [1.82, 2.24) is 25.7 Å². The van der Waals surface area contributed by atoms with Crippen LogP contribution in [0, 0.1) is 12.8 Å². The first-order valence-electron chi connectivity index (χ1n) is 8.15. The van der Waals surface area contributed by atoms with Gasteiger partial charge in [-0.2, -0.15) is 4.98 Å². The van der Waals surface area contributed by atoms with Crippen LogP contribution in [0.1, 0.15) is 37.9 Å². The molecule has 1 saturated heterocycles. The Balaban J connectivity index is 0.00000288. The highest BCUT2D eigenvalue weighted by Crippen LogP contribution is 2.20. The van der Waals surface area contributed by atoms with Gasteiger partial charge in [0.1, 0.15) is 6.54 Å². The third-order valence-electron chi connectivity index (χ3n) is 3.94. The molecule has 24 heavy (non-hydrogen) atoms. The molecular formula is C15H27IN6O2. The second-order valence-electron chi connectivity index (χ2n) is 5.71. The minimum Gasteiger partial charge on any atom is -0.359 e. The number of rotatable bonds is 5. The number of carbonyl (C=O) groups excluding carboxylic acids is 1. The summed E-state index contributed by atoms with van der Waals surface area (Å²) >= 11 is 0. The topological polar surface area (TPSA) is 95.7 Å². The van der Waals surface area contributed by atoms with Crippen molar-refractivity contribution in [3.05, 3.63) is 11.7 Å². The van der Waals surface area contributed by atoms with Crippen LogP contribution in [-0.2, 0) is 11.3 Å². The zero-order chi connectivity index (χ0) is 16.7. The normalized spacial score (nSPS) is 15.8. The van der Waals surface area contributed by atoms with Crippen molar-refractivity contribution < 1.29 is 9.32 Å². The van der Waals surface area contributed by atoms with Crippen LogP contribution in [0.25, 0.3) is 0 Å². The molecule has 2 N–H and O–H groups in total. The zero-order valence-corrected chi connectivity index (χ0v) is 16.9. The maximum atomic E-state index is 11.5. The second kappa shape index (κ2) is 10.5. The van der Waals surface area contributed by atoms with Crippen molar-refractivity contribution in [2.75, 3.05) is 26.7 Å². The molecule has 1 fully saturated rings. The summed E-state index contributed by atoms with van der Waals surface area (Å²) in [7, 11) is 1.69. The lowest BCUT2D eigenvalue weighted by Crippen LogP contribution is -2.46. The highest BCUT2D eigenvalue weighted by atomic mass is 127. The number of guanidine groups is 1. The van der Waals surface area contributed by atoms with E-state index in [0.29, 0.717) is 30.6 Å². The molecular weight excluding hydrogens is 423 g/mol. The van der Waals surface area contributed by atoms with Gasteiger partial charge in [0.25, 0.3) is 0 Å². The zero-order valence-electron chi connectivity index (χ0n) is 14.5. The standard InChI is InChI=1S/C15H26N6O2.HI/c1-4-17-15(18-10-14-19-11(2)20-23-14)21-7-5-12(6-8-21)9-13(22)16-3;/h12H,4-10H2,1-3H3,(H,16,22)(H,17,18);1H. The van der Waals surface area contributed by atoms with Crippen molar-refractivity contribution in [2.45, 2.75) is 39.7 Å². The van der Waals surface area contributed by atoms with E-state index in [1.807, 2.05) is 6.92 Å². The van der Waals surface area contributed by atoms with Gasteiger partial charge < -0.3 is 20.1 Å². The summed E-state index contributed by atoms with van der Waals surface area (Å²) in [6.45, 7) is 6.82. The molecule has 0 saturated carbocycles. The summed E-state index contributed by atoms with van der Waals surface area (Å²) < 4.78 is 5.09. The third-order valence-corrected chi connectivity index (χ3v) is 3.94. The molecule has 0 atom stereocenters. The Hall–Kier alpha value is -1.39. The van der Waals surface area contributed by atoms with Crippen molar-refractivity contribution in [2.24, 2.45) is 10.9 Å². The Morgan fingerprint density at radius 3 is 2.67 bits per heavy atom. The molecule has 1 aromatic heterocycles. The SMILES string of the molecule is CCNC(=NCc1nc(C)no1)N1CCC(CC(=O)NC)CC1.I. The lowest BCUT2D eigenvalue weighted by atomic mass is 9.93. The number of halogens is 1. The maximum Gasteiger partial charge on any atom is 0.248 e. The van der Waals surface area contributed by atoms with E-state index in [-0.39, 0.29) is 29.9 Å². The van der Waals surface area contributed by atoms with Crippen LogP contribution in [0.4, 0.5) is 0 Å². The molecule has 9 heteroatoms. The first-order chi connectivity index (χ1) is 11.1. The van der Waals surface area contributed by atoms with Crippen LogP contribution in [0.15, 0.2) is 9.52 Å². The largest absolute Gasteiger partial charge is 0.359 e. The van der Waals surface area contributed by atoms with Crippen LogP contribution in [-0.4, -0.2) is 53.6 Å². The maximum absolute atomic E-state index is 11.5. The van der Waals surface area contributed by atoms with E-state index in [1.165, 1.54) is 0 Å². The summed E-state index contributed by atoms with van der Waals surface area (Å²) in [5.74, 6) is 2.58. The molecule has 0 radical (unpaired) electrons. The molecule has 0 aromatic carbocycles. The predicted octanol–water partition coefficient (Wildman–Crippen LogP) is 1.31. The van der Waals surface area contributed by atoms with E-state index in [0.717, 1.165) is 38.4 Å². The number of piperidine rings is 1. The van der Waals surface area contributed by atoms with Crippen LogP contribution in [0.5, 0.6) is 0 Å². The number of hydrogen-bond donors (Lipinski definition) is 2. The minimum atomic E-state index is 0. The molecule has 2 rings (SSSR count). The number of nitrogens with one attached hydrogen (secondary N) is 2. The molecule has 0 spiro atoms. The van der Waals surface area contributed by atoms with E-state index in [4.69, 9.17) is 4.52 Å². The Labute approximate surface area is 159 Å². The second-order valence-corrected chi connectivity index (χ2v) is 5.71. The number of carbonyl (C=O) groups is 1.